The van der Waals surface area contributed by atoms with Crippen LogP contribution < -0.4 is 15.0 Å². The second-order valence-electron chi connectivity index (χ2n) is 6.48. The fourth-order valence-electron chi connectivity index (χ4n) is 2.73. The molecule has 0 aromatic heterocycles. The number of amides is 4. The third kappa shape index (κ3) is 4.32. The number of nitrogens with zero attached hydrogens (tertiary/aromatic N) is 1. The molecule has 1 fully saturated rings. The third-order valence-corrected chi connectivity index (χ3v) is 4.40. The Hall–Kier alpha value is -3.94. The van der Waals surface area contributed by atoms with E-state index in [2.05, 4.69) is 5.32 Å². The molecular weight excluding hydrogens is 376 g/mol. The number of ether oxygens (including phenoxy) is 1. The number of anilines is 1. The van der Waals surface area contributed by atoms with Crippen LogP contribution in [0.3, 0.4) is 0 Å². The first-order valence-corrected chi connectivity index (χ1v) is 8.69. The lowest BCUT2D eigenvalue weighted by molar-refractivity contribution is -0.139. The Morgan fingerprint density at radius 1 is 1.07 bits per heavy atom. The molecule has 2 N–H and O–H groups in total. The minimum absolute atomic E-state index is 0.193. The SMILES string of the molecule is Cc1ccc(N2C(=O)NC(=O)/C(=C\c3ccc(OCC(=O)O)cc3)C2=O)cc1C. The van der Waals surface area contributed by atoms with Crippen LogP contribution in [0.4, 0.5) is 10.5 Å². The zero-order valence-corrected chi connectivity index (χ0v) is 15.8. The van der Waals surface area contributed by atoms with E-state index < -0.39 is 30.4 Å². The maximum absolute atomic E-state index is 12.9. The van der Waals surface area contributed by atoms with E-state index in [4.69, 9.17) is 9.84 Å². The summed E-state index contributed by atoms with van der Waals surface area (Å²) in [6, 6.07) is 10.5. The molecule has 0 aliphatic carbocycles. The van der Waals surface area contributed by atoms with E-state index in [9.17, 15) is 19.2 Å². The van der Waals surface area contributed by atoms with Crippen molar-refractivity contribution in [2.24, 2.45) is 0 Å². The van der Waals surface area contributed by atoms with Gasteiger partial charge in [-0.1, -0.05) is 18.2 Å². The summed E-state index contributed by atoms with van der Waals surface area (Å²) >= 11 is 0. The lowest BCUT2D eigenvalue weighted by Gasteiger charge is -2.26. The number of barbiturate groups is 1. The van der Waals surface area contributed by atoms with Gasteiger partial charge >= 0.3 is 12.0 Å². The van der Waals surface area contributed by atoms with Crippen LogP contribution in [0.15, 0.2) is 48.0 Å². The average Bonchev–Trinajstić information content (AvgIpc) is 2.67. The molecule has 1 heterocycles. The van der Waals surface area contributed by atoms with Crippen molar-refractivity contribution in [2.45, 2.75) is 13.8 Å². The molecule has 2 aromatic carbocycles. The van der Waals surface area contributed by atoms with Crippen molar-refractivity contribution in [1.82, 2.24) is 5.32 Å². The largest absolute Gasteiger partial charge is 0.482 e. The van der Waals surface area contributed by atoms with Crippen LogP contribution in [-0.4, -0.2) is 35.5 Å². The number of nitrogens with one attached hydrogen (secondary N) is 1. The molecule has 1 saturated heterocycles. The quantitative estimate of drug-likeness (QED) is 0.595. The summed E-state index contributed by atoms with van der Waals surface area (Å²) in [5.74, 6) is -2.28. The molecular formula is C21H18N2O6. The van der Waals surface area contributed by atoms with Gasteiger partial charge in [0.25, 0.3) is 11.8 Å². The van der Waals surface area contributed by atoms with Crippen LogP contribution >= 0.6 is 0 Å². The van der Waals surface area contributed by atoms with Gasteiger partial charge in [0.05, 0.1) is 5.69 Å². The van der Waals surface area contributed by atoms with Crippen molar-refractivity contribution >= 4 is 35.6 Å². The first kappa shape index (κ1) is 19.8. The Morgan fingerprint density at radius 3 is 2.38 bits per heavy atom. The molecule has 0 saturated carbocycles. The maximum Gasteiger partial charge on any atom is 0.341 e. The molecule has 4 amide bonds. The molecule has 8 heteroatoms. The fraction of sp³-hybridized carbons (Fsp3) is 0.143. The molecule has 0 spiro atoms. The minimum Gasteiger partial charge on any atom is -0.482 e. The summed E-state index contributed by atoms with van der Waals surface area (Å²) in [4.78, 5) is 48.8. The number of hydrogen-bond donors (Lipinski definition) is 2. The number of carboxylic acids is 1. The number of urea groups is 1. The van der Waals surface area contributed by atoms with E-state index in [-0.39, 0.29) is 5.57 Å². The molecule has 0 radical (unpaired) electrons. The molecule has 1 aliphatic heterocycles. The highest BCUT2D eigenvalue weighted by atomic mass is 16.5. The highest BCUT2D eigenvalue weighted by Crippen LogP contribution is 2.24. The van der Waals surface area contributed by atoms with Gasteiger partial charge in [-0.3, -0.25) is 14.9 Å². The maximum atomic E-state index is 12.9. The van der Waals surface area contributed by atoms with E-state index in [1.165, 1.54) is 18.2 Å². The molecule has 0 bridgehead atoms. The second kappa shape index (κ2) is 7.97. The van der Waals surface area contributed by atoms with Gasteiger partial charge in [0, 0.05) is 0 Å². The predicted molar refractivity (Wildman–Crippen MR) is 104 cm³/mol. The zero-order valence-electron chi connectivity index (χ0n) is 15.8. The summed E-state index contributed by atoms with van der Waals surface area (Å²) in [6.07, 6.45) is 1.36. The lowest BCUT2D eigenvalue weighted by atomic mass is 10.1. The van der Waals surface area contributed by atoms with Crippen LogP contribution in [0.2, 0.25) is 0 Å². The van der Waals surface area contributed by atoms with Crippen LogP contribution in [0, 0.1) is 13.8 Å². The number of imide groups is 2. The molecule has 3 rings (SSSR count). The van der Waals surface area contributed by atoms with Crippen molar-refractivity contribution in [3.05, 3.63) is 64.7 Å². The normalized spacial score (nSPS) is 15.4. The molecule has 1 aliphatic rings. The van der Waals surface area contributed by atoms with Gasteiger partial charge in [0.15, 0.2) is 6.61 Å². The summed E-state index contributed by atoms with van der Waals surface area (Å²) in [6.45, 7) is 3.30. The monoisotopic (exact) mass is 394 g/mol. The number of carbonyl (C=O) groups is 4. The van der Waals surface area contributed by atoms with E-state index >= 15 is 0 Å². The highest BCUT2D eigenvalue weighted by Gasteiger charge is 2.36. The summed E-state index contributed by atoms with van der Waals surface area (Å²) < 4.78 is 5.05. The van der Waals surface area contributed by atoms with Gasteiger partial charge in [-0.2, -0.15) is 0 Å². The van der Waals surface area contributed by atoms with Crippen LogP contribution in [0.1, 0.15) is 16.7 Å². The third-order valence-electron chi connectivity index (χ3n) is 4.40. The first-order chi connectivity index (χ1) is 13.8. The van der Waals surface area contributed by atoms with E-state index in [1.54, 1.807) is 30.3 Å². The second-order valence-corrected chi connectivity index (χ2v) is 6.48. The number of aryl methyl sites for hydroxylation is 2. The molecule has 8 nitrogen and oxygen atoms in total. The van der Waals surface area contributed by atoms with Crippen LogP contribution in [0.25, 0.3) is 6.08 Å². The van der Waals surface area contributed by atoms with Crippen molar-refractivity contribution in [2.75, 3.05) is 11.5 Å². The Bertz CT molecular complexity index is 1040. The molecule has 2 aromatic rings. The van der Waals surface area contributed by atoms with Crippen molar-refractivity contribution in [1.29, 1.82) is 0 Å². The van der Waals surface area contributed by atoms with Crippen molar-refractivity contribution < 1.29 is 29.0 Å². The van der Waals surface area contributed by atoms with Gasteiger partial charge in [-0.15, -0.1) is 0 Å². The molecule has 0 atom stereocenters. The fourth-order valence-corrected chi connectivity index (χ4v) is 2.73. The van der Waals surface area contributed by atoms with Gasteiger partial charge in [-0.05, 0) is 60.9 Å². The number of hydrogen-bond acceptors (Lipinski definition) is 5. The number of benzene rings is 2. The van der Waals surface area contributed by atoms with Crippen molar-refractivity contribution in [3.63, 3.8) is 0 Å². The standard InChI is InChI=1S/C21H18N2O6/c1-12-3-6-15(9-13(12)2)23-20(27)17(19(26)22-21(23)28)10-14-4-7-16(8-5-14)29-11-18(24)25/h3-10H,11H2,1-2H3,(H,24,25)(H,22,26,28)/b17-10+. The van der Waals surface area contributed by atoms with Gasteiger partial charge in [0.1, 0.15) is 11.3 Å². The summed E-state index contributed by atoms with van der Waals surface area (Å²) in [7, 11) is 0. The van der Waals surface area contributed by atoms with Crippen LogP contribution in [0.5, 0.6) is 5.75 Å². The van der Waals surface area contributed by atoms with Gasteiger partial charge in [-0.25, -0.2) is 14.5 Å². The number of rotatable bonds is 5. The minimum atomic E-state index is -1.10. The summed E-state index contributed by atoms with van der Waals surface area (Å²) in [5.41, 5.74) is 2.60. The number of carbonyl (C=O) groups excluding carboxylic acids is 3. The highest BCUT2D eigenvalue weighted by molar-refractivity contribution is 6.39. The molecule has 0 unspecified atom stereocenters. The van der Waals surface area contributed by atoms with E-state index in [0.717, 1.165) is 16.0 Å². The van der Waals surface area contributed by atoms with Crippen molar-refractivity contribution in [3.8, 4) is 5.75 Å². The zero-order chi connectivity index (χ0) is 21.1. The first-order valence-electron chi connectivity index (χ1n) is 8.69. The van der Waals surface area contributed by atoms with Gasteiger partial charge < -0.3 is 9.84 Å². The smallest absolute Gasteiger partial charge is 0.341 e. The Kier molecular flexibility index (Phi) is 5.45. The van der Waals surface area contributed by atoms with E-state index in [0.29, 0.717) is 17.0 Å². The predicted octanol–water partition coefficient (Wildman–Crippen LogP) is 2.43. The molecule has 148 valence electrons. The Balaban J connectivity index is 1.88. The number of carboxylic acid groups (broad SMARTS) is 1. The topological polar surface area (TPSA) is 113 Å². The average molecular weight is 394 g/mol. The number of aliphatic carboxylic acids is 1. The lowest BCUT2D eigenvalue weighted by Crippen LogP contribution is -2.54. The van der Waals surface area contributed by atoms with E-state index in [1.807, 2.05) is 13.8 Å². The molecule has 29 heavy (non-hydrogen) atoms. The summed E-state index contributed by atoms with van der Waals surface area (Å²) in [5, 5.41) is 10.8. The van der Waals surface area contributed by atoms with Crippen LogP contribution in [-0.2, 0) is 14.4 Å². The Morgan fingerprint density at radius 2 is 1.76 bits per heavy atom. The Labute approximate surface area is 166 Å². The van der Waals surface area contributed by atoms with Gasteiger partial charge in [0.2, 0.25) is 0 Å².